The highest BCUT2D eigenvalue weighted by molar-refractivity contribution is 7.99. The smallest absolute Gasteiger partial charge is 0.338 e. The summed E-state index contributed by atoms with van der Waals surface area (Å²) in [7, 11) is 0. The van der Waals surface area contributed by atoms with E-state index in [9.17, 15) is 27.6 Å². The molecule has 1 saturated heterocycles. The van der Waals surface area contributed by atoms with Crippen LogP contribution in [0.1, 0.15) is 46.4 Å². The van der Waals surface area contributed by atoms with Crippen LogP contribution >= 0.6 is 35.0 Å². The first kappa shape index (κ1) is 28.4. The van der Waals surface area contributed by atoms with Gasteiger partial charge in [0.15, 0.2) is 0 Å². The fourth-order valence-corrected chi connectivity index (χ4v) is 6.36. The highest BCUT2D eigenvalue weighted by atomic mass is 35.5. The second-order valence-corrected chi connectivity index (χ2v) is 11.3. The Morgan fingerprint density at radius 2 is 1.68 bits per heavy atom. The van der Waals surface area contributed by atoms with Crippen LogP contribution in [0.5, 0.6) is 0 Å². The number of aromatic nitrogens is 1. The molecule has 0 spiro atoms. The second-order valence-electron chi connectivity index (χ2n) is 9.46. The molecule has 2 aliphatic rings. The van der Waals surface area contributed by atoms with Crippen LogP contribution in [0, 0.1) is 0 Å². The van der Waals surface area contributed by atoms with Gasteiger partial charge in [0.05, 0.1) is 10.0 Å². The van der Waals surface area contributed by atoms with Crippen molar-refractivity contribution in [2.24, 2.45) is 0 Å². The molecular weight excluding hydrogens is 588 g/mol. The summed E-state index contributed by atoms with van der Waals surface area (Å²) in [6, 6.07) is 10.6. The predicted octanol–water partition coefficient (Wildman–Crippen LogP) is 6.71. The van der Waals surface area contributed by atoms with Crippen LogP contribution in [0.2, 0.25) is 10.0 Å². The average molecular weight is 611 g/mol. The van der Waals surface area contributed by atoms with E-state index in [1.54, 1.807) is 22.0 Å². The summed E-state index contributed by atoms with van der Waals surface area (Å²) in [4.78, 5) is 44.1. The monoisotopic (exact) mass is 610 g/mol. The zero-order chi connectivity index (χ0) is 28.6. The van der Waals surface area contributed by atoms with Crippen molar-refractivity contribution >= 4 is 52.6 Å². The third-order valence-corrected chi connectivity index (χ3v) is 8.78. The maximum Gasteiger partial charge on any atom is 0.431 e. The number of nitrogens with one attached hydrogen (secondary N) is 2. The molecule has 40 heavy (non-hydrogen) atoms. The molecule has 0 bridgehead atoms. The fourth-order valence-electron chi connectivity index (χ4n) is 4.72. The van der Waals surface area contributed by atoms with Gasteiger partial charge in [0.1, 0.15) is 11.3 Å². The molecule has 5 rings (SSSR count). The lowest BCUT2D eigenvalue weighted by Crippen LogP contribution is -2.42. The minimum atomic E-state index is -4.85. The molecule has 0 aliphatic carbocycles. The third kappa shape index (κ3) is 5.82. The molecule has 3 heterocycles. The van der Waals surface area contributed by atoms with Crippen molar-refractivity contribution in [2.45, 2.75) is 48.3 Å². The number of H-pyrrole nitrogens is 1. The first-order valence-electron chi connectivity index (χ1n) is 12.5. The van der Waals surface area contributed by atoms with E-state index in [-0.39, 0.29) is 39.0 Å². The number of carbonyl (C=O) groups is 2. The molecule has 0 atom stereocenters. The van der Waals surface area contributed by atoms with E-state index in [1.165, 1.54) is 17.0 Å². The van der Waals surface area contributed by atoms with E-state index in [2.05, 4.69) is 5.32 Å². The van der Waals surface area contributed by atoms with Crippen molar-refractivity contribution in [1.82, 2.24) is 15.2 Å². The topological polar surface area (TPSA) is 85.5 Å². The number of alkyl halides is 3. The summed E-state index contributed by atoms with van der Waals surface area (Å²) < 4.78 is 40.7. The minimum absolute atomic E-state index is 0.120. The number of amides is 3. The van der Waals surface area contributed by atoms with Crippen molar-refractivity contribution in [3.63, 3.8) is 0 Å². The number of fused-ring (bicyclic) bond motifs is 1. The number of rotatable bonds is 4. The van der Waals surface area contributed by atoms with Crippen LogP contribution in [-0.2, 0) is 19.3 Å². The standard InChI is InChI=1S/C27H23Cl2F3N4O3S/c28-18-5-4-6-19(29)23(18)40-20-12-21(27(30,31)32)34-24(37)22(20)25(38)35-13-15-7-8-17(11-16(15)14-35)36-10-3-1-2-9-33-26(36)39/h4-8,11-12H,1-3,9-10,13-14H2,(H,33,39)(H,34,37). The molecule has 3 amide bonds. The van der Waals surface area contributed by atoms with Crippen LogP contribution in [0.25, 0.3) is 0 Å². The van der Waals surface area contributed by atoms with Gasteiger partial charge in [-0.3, -0.25) is 14.5 Å². The normalized spacial score (nSPS) is 15.9. The number of hydrogen-bond donors (Lipinski definition) is 2. The Hall–Kier alpha value is -3.15. The summed E-state index contributed by atoms with van der Waals surface area (Å²) in [5.41, 5.74) is -0.613. The number of halogens is 5. The predicted molar refractivity (Wildman–Crippen MR) is 147 cm³/mol. The highest BCUT2D eigenvalue weighted by Crippen LogP contribution is 2.41. The maximum absolute atomic E-state index is 13.7. The van der Waals surface area contributed by atoms with Gasteiger partial charge in [0, 0.05) is 41.7 Å². The van der Waals surface area contributed by atoms with Crippen LogP contribution in [0.3, 0.4) is 0 Å². The molecule has 2 N–H and O–H groups in total. The number of urea groups is 1. The Morgan fingerprint density at radius 3 is 2.40 bits per heavy atom. The van der Waals surface area contributed by atoms with Crippen molar-refractivity contribution in [3.8, 4) is 0 Å². The zero-order valence-corrected chi connectivity index (χ0v) is 23.2. The van der Waals surface area contributed by atoms with Gasteiger partial charge in [0.2, 0.25) is 0 Å². The Balaban J connectivity index is 1.47. The number of hydrogen-bond acceptors (Lipinski definition) is 4. The van der Waals surface area contributed by atoms with Gasteiger partial charge < -0.3 is 15.2 Å². The molecule has 1 aromatic heterocycles. The average Bonchev–Trinajstić information content (AvgIpc) is 3.31. The van der Waals surface area contributed by atoms with Crippen LogP contribution < -0.4 is 15.8 Å². The summed E-state index contributed by atoms with van der Waals surface area (Å²) in [6.07, 6.45) is -2.07. The SMILES string of the molecule is O=C(c1c(Sc2c(Cl)cccc2Cl)cc(C(F)(F)F)[nH]c1=O)N1Cc2ccc(N3CCCCCNC3=O)cc2C1. The Labute approximate surface area is 241 Å². The lowest BCUT2D eigenvalue weighted by Gasteiger charge is -2.25. The number of nitrogens with zero attached hydrogens (tertiary/aromatic N) is 2. The Morgan fingerprint density at radius 1 is 0.950 bits per heavy atom. The fraction of sp³-hybridized carbons (Fsp3) is 0.296. The van der Waals surface area contributed by atoms with Gasteiger partial charge in [-0.1, -0.05) is 47.1 Å². The molecule has 1 fully saturated rings. The van der Waals surface area contributed by atoms with E-state index in [4.69, 9.17) is 23.2 Å². The van der Waals surface area contributed by atoms with E-state index in [0.29, 0.717) is 18.8 Å². The first-order valence-corrected chi connectivity index (χ1v) is 14.0. The quantitative estimate of drug-likeness (QED) is 0.344. The zero-order valence-electron chi connectivity index (χ0n) is 20.9. The molecule has 3 aromatic rings. The molecule has 2 aromatic carbocycles. The van der Waals surface area contributed by atoms with Crippen LogP contribution in [0.15, 0.2) is 57.1 Å². The summed E-state index contributed by atoms with van der Waals surface area (Å²) in [5, 5.41) is 3.22. The Bertz CT molecular complexity index is 1530. The molecule has 0 radical (unpaired) electrons. The van der Waals surface area contributed by atoms with Gasteiger partial charge in [-0.15, -0.1) is 0 Å². The first-order chi connectivity index (χ1) is 19.0. The second kappa shape index (κ2) is 11.4. The van der Waals surface area contributed by atoms with Gasteiger partial charge in [0.25, 0.3) is 11.5 Å². The van der Waals surface area contributed by atoms with Gasteiger partial charge in [-0.05, 0) is 60.7 Å². The van der Waals surface area contributed by atoms with Gasteiger partial charge in [-0.25, -0.2) is 4.79 Å². The minimum Gasteiger partial charge on any atom is -0.338 e. The summed E-state index contributed by atoms with van der Waals surface area (Å²) in [5.74, 6) is -0.734. The lowest BCUT2D eigenvalue weighted by atomic mass is 10.1. The van der Waals surface area contributed by atoms with Crippen molar-refractivity contribution in [2.75, 3.05) is 18.0 Å². The number of anilines is 1. The van der Waals surface area contributed by atoms with Crippen molar-refractivity contribution in [1.29, 1.82) is 0 Å². The van der Waals surface area contributed by atoms with Gasteiger partial charge >= 0.3 is 12.2 Å². The summed E-state index contributed by atoms with van der Waals surface area (Å²) in [6.45, 7) is 1.43. The summed E-state index contributed by atoms with van der Waals surface area (Å²) >= 11 is 13.2. The lowest BCUT2D eigenvalue weighted by molar-refractivity contribution is -0.141. The number of carbonyl (C=O) groups excluding carboxylic acids is 2. The number of aromatic amines is 1. The van der Waals surface area contributed by atoms with E-state index in [0.717, 1.165) is 48.2 Å². The molecule has 13 heteroatoms. The van der Waals surface area contributed by atoms with Crippen LogP contribution in [0.4, 0.5) is 23.7 Å². The van der Waals surface area contributed by atoms with E-state index in [1.807, 2.05) is 12.1 Å². The van der Waals surface area contributed by atoms with Crippen molar-refractivity contribution < 1.29 is 22.8 Å². The highest BCUT2D eigenvalue weighted by Gasteiger charge is 2.36. The molecule has 7 nitrogen and oxygen atoms in total. The van der Waals surface area contributed by atoms with Crippen molar-refractivity contribution in [3.05, 3.63) is 85.2 Å². The molecule has 210 valence electrons. The van der Waals surface area contributed by atoms with E-state index >= 15 is 0 Å². The number of benzene rings is 2. The molecule has 0 saturated carbocycles. The molecular formula is C27H23Cl2F3N4O3S. The van der Waals surface area contributed by atoms with E-state index < -0.39 is 28.9 Å². The van der Waals surface area contributed by atoms with Gasteiger partial charge in [-0.2, -0.15) is 13.2 Å². The third-order valence-electron chi connectivity index (χ3n) is 6.74. The number of pyridine rings is 1. The largest absolute Gasteiger partial charge is 0.431 e. The van der Waals surface area contributed by atoms with Crippen LogP contribution in [-0.4, -0.2) is 34.9 Å². The Kier molecular flexibility index (Phi) is 8.08. The maximum atomic E-state index is 13.7. The molecule has 0 unspecified atom stereocenters. The molecule has 2 aliphatic heterocycles.